The number of nitro groups is 1. The quantitative estimate of drug-likeness (QED) is 0.488. The van der Waals surface area contributed by atoms with Gasteiger partial charge in [-0.25, -0.2) is 0 Å². The maximum absolute atomic E-state index is 11.1. The van der Waals surface area contributed by atoms with Crippen LogP contribution in [0, 0.1) is 17.0 Å². The van der Waals surface area contributed by atoms with Crippen molar-refractivity contribution in [3.05, 3.63) is 68.9 Å². The third-order valence-corrected chi connectivity index (χ3v) is 4.20. The third-order valence-electron chi connectivity index (χ3n) is 3.78. The van der Waals surface area contributed by atoms with Crippen LogP contribution in [0.15, 0.2) is 42.5 Å². The molecule has 25 heavy (non-hydrogen) atoms. The molecule has 0 radical (unpaired) electrons. The molecule has 0 aliphatic rings. The number of halogens is 1. The number of rotatable bonds is 5. The van der Waals surface area contributed by atoms with Gasteiger partial charge in [-0.05, 0) is 37.3 Å². The fraction of sp³-hybridized carbons (Fsp3) is 0.167. The molecule has 128 valence electrons. The molecule has 0 atom stereocenters. The average molecular weight is 359 g/mol. The van der Waals surface area contributed by atoms with Crippen LogP contribution in [0.25, 0.3) is 10.9 Å². The Bertz CT molecular complexity index is 959. The van der Waals surface area contributed by atoms with Crippen LogP contribution < -0.4 is 9.47 Å². The van der Waals surface area contributed by atoms with Crippen LogP contribution in [-0.2, 0) is 6.61 Å². The summed E-state index contributed by atoms with van der Waals surface area (Å²) in [5.41, 5.74) is 2.06. The first kappa shape index (κ1) is 17.0. The maximum atomic E-state index is 11.1. The van der Waals surface area contributed by atoms with Gasteiger partial charge in [0.15, 0.2) is 0 Å². The molecule has 3 rings (SSSR count). The van der Waals surface area contributed by atoms with E-state index in [-0.39, 0.29) is 17.3 Å². The highest BCUT2D eigenvalue weighted by Gasteiger charge is 2.20. The zero-order chi connectivity index (χ0) is 18.0. The number of hydrogen-bond donors (Lipinski definition) is 0. The highest BCUT2D eigenvalue weighted by atomic mass is 35.5. The summed E-state index contributed by atoms with van der Waals surface area (Å²) < 4.78 is 11.0. The van der Waals surface area contributed by atoms with E-state index in [4.69, 9.17) is 21.1 Å². The normalized spacial score (nSPS) is 10.7. The van der Waals surface area contributed by atoms with Crippen molar-refractivity contribution in [2.24, 2.45) is 0 Å². The molecule has 0 aliphatic heterocycles. The second-order valence-corrected chi connectivity index (χ2v) is 5.81. The zero-order valence-electron chi connectivity index (χ0n) is 13.7. The van der Waals surface area contributed by atoms with Crippen LogP contribution in [-0.4, -0.2) is 17.0 Å². The Morgan fingerprint density at radius 1 is 1.20 bits per heavy atom. The molecule has 2 aromatic carbocycles. The molecule has 6 nitrogen and oxygen atoms in total. The summed E-state index contributed by atoms with van der Waals surface area (Å²) >= 11 is 6.15. The number of ether oxygens (including phenoxy) is 2. The number of fused-ring (bicyclic) bond motifs is 1. The lowest BCUT2D eigenvalue weighted by molar-refractivity contribution is -0.384. The maximum Gasteiger partial charge on any atom is 0.288 e. The molecule has 1 aromatic heterocycles. The molecule has 0 spiro atoms. The summed E-state index contributed by atoms with van der Waals surface area (Å²) in [5.74, 6) is 1.05. The Morgan fingerprint density at radius 2 is 2.00 bits per heavy atom. The monoisotopic (exact) mass is 358 g/mol. The number of aryl methyl sites for hydroxylation is 1. The van der Waals surface area contributed by atoms with E-state index in [1.54, 1.807) is 6.07 Å². The minimum Gasteiger partial charge on any atom is -0.496 e. The van der Waals surface area contributed by atoms with Gasteiger partial charge in [0, 0.05) is 17.1 Å². The molecule has 7 heteroatoms. The molecule has 0 bridgehead atoms. The summed E-state index contributed by atoms with van der Waals surface area (Å²) in [6, 6.07) is 12.2. The Morgan fingerprint density at radius 3 is 2.72 bits per heavy atom. The topological polar surface area (TPSA) is 74.5 Å². The predicted octanol–water partition coefficient (Wildman–Crippen LogP) is 4.69. The van der Waals surface area contributed by atoms with Crippen LogP contribution in [0.3, 0.4) is 0 Å². The van der Waals surface area contributed by atoms with Gasteiger partial charge >= 0.3 is 0 Å². The van der Waals surface area contributed by atoms with E-state index < -0.39 is 4.92 Å². The van der Waals surface area contributed by atoms with E-state index in [1.165, 1.54) is 19.2 Å². The number of benzene rings is 2. The fourth-order valence-corrected chi connectivity index (χ4v) is 2.79. The van der Waals surface area contributed by atoms with Crippen LogP contribution >= 0.6 is 11.6 Å². The minimum atomic E-state index is -0.532. The van der Waals surface area contributed by atoms with E-state index in [2.05, 4.69) is 4.98 Å². The van der Waals surface area contributed by atoms with Crippen molar-refractivity contribution in [3.63, 3.8) is 0 Å². The predicted molar refractivity (Wildman–Crippen MR) is 95.5 cm³/mol. The number of nitrogens with zero attached hydrogens (tertiary/aromatic N) is 2. The fourth-order valence-electron chi connectivity index (χ4n) is 2.51. The largest absolute Gasteiger partial charge is 0.496 e. The van der Waals surface area contributed by atoms with E-state index in [0.717, 1.165) is 16.6 Å². The van der Waals surface area contributed by atoms with Crippen LogP contribution in [0.4, 0.5) is 5.69 Å². The summed E-state index contributed by atoms with van der Waals surface area (Å²) in [6.07, 6.45) is 0. The molecule has 0 amide bonds. The summed E-state index contributed by atoms with van der Waals surface area (Å²) in [6.45, 7) is 1.98. The zero-order valence-corrected chi connectivity index (χ0v) is 14.4. The SMILES string of the molecule is COc1ccc([N+](=O)[O-])c(Cl)c1COc1ccc2nc(C)ccc2c1. The van der Waals surface area contributed by atoms with Gasteiger partial charge in [-0.3, -0.25) is 15.1 Å². The standard InChI is InChI=1S/C18H15ClN2O4/c1-11-3-4-12-9-13(5-6-15(12)20-11)25-10-14-17(24-2)8-7-16(18(14)19)21(22)23/h3-9H,10H2,1-2H3. The average Bonchev–Trinajstić information content (AvgIpc) is 2.60. The number of pyridine rings is 1. The van der Waals surface area contributed by atoms with Gasteiger partial charge < -0.3 is 9.47 Å². The van der Waals surface area contributed by atoms with E-state index >= 15 is 0 Å². The van der Waals surface area contributed by atoms with Crippen molar-refractivity contribution in [2.75, 3.05) is 7.11 Å². The minimum absolute atomic E-state index is 0.0161. The van der Waals surface area contributed by atoms with Crippen molar-refractivity contribution >= 4 is 28.2 Å². The molecular formula is C18H15ClN2O4. The number of methoxy groups -OCH3 is 1. The van der Waals surface area contributed by atoms with E-state index in [1.807, 2.05) is 31.2 Å². The lowest BCUT2D eigenvalue weighted by atomic mass is 10.1. The van der Waals surface area contributed by atoms with Gasteiger partial charge in [0.05, 0.1) is 23.1 Å². The molecule has 0 N–H and O–H groups in total. The molecule has 0 saturated carbocycles. The Labute approximate surface area is 149 Å². The highest BCUT2D eigenvalue weighted by molar-refractivity contribution is 6.33. The molecule has 0 fully saturated rings. The molecule has 0 unspecified atom stereocenters. The summed E-state index contributed by atoms with van der Waals surface area (Å²) in [7, 11) is 1.48. The number of nitro benzene ring substituents is 1. The Balaban J connectivity index is 1.89. The molecule has 0 aliphatic carbocycles. The van der Waals surface area contributed by atoms with Gasteiger partial charge in [-0.15, -0.1) is 0 Å². The lowest BCUT2D eigenvalue weighted by Gasteiger charge is -2.12. The second-order valence-electron chi connectivity index (χ2n) is 5.43. The van der Waals surface area contributed by atoms with Crippen molar-refractivity contribution in [3.8, 4) is 11.5 Å². The Hall–Kier alpha value is -2.86. The summed E-state index contributed by atoms with van der Waals surface area (Å²) in [4.78, 5) is 15.0. The molecular weight excluding hydrogens is 344 g/mol. The second kappa shape index (κ2) is 6.94. The van der Waals surface area contributed by atoms with Gasteiger partial charge in [0.25, 0.3) is 5.69 Å². The first-order chi connectivity index (χ1) is 12.0. The Kier molecular flexibility index (Phi) is 4.72. The van der Waals surface area contributed by atoms with Gasteiger partial charge in [-0.1, -0.05) is 17.7 Å². The molecule has 3 aromatic rings. The van der Waals surface area contributed by atoms with Gasteiger partial charge in [-0.2, -0.15) is 0 Å². The first-order valence-electron chi connectivity index (χ1n) is 7.49. The van der Waals surface area contributed by atoms with Gasteiger partial charge in [0.1, 0.15) is 23.1 Å². The smallest absolute Gasteiger partial charge is 0.288 e. The summed E-state index contributed by atoms with van der Waals surface area (Å²) in [5, 5.41) is 12.0. The third kappa shape index (κ3) is 3.49. The molecule has 0 saturated heterocycles. The van der Waals surface area contributed by atoms with Crippen LogP contribution in [0.5, 0.6) is 11.5 Å². The van der Waals surface area contributed by atoms with E-state index in [9.17, 15) is 10.1 Å². The number of aromatic nitrogens is 1. The highest BCUT2D eigenvalue weighted by Crippen LogP contribution is 2.35. The van der Waals surface area contributed by atoms with Crippen molar-refractivity contribution in [2.45, 2.75) is 13.5 Å². The van der Waals surface area contributed by atoms with Gasteiger partial charge in [0.2, 0.25) is 0 Å². The first-order valence-corrected chi connectivity index (χ1v) is 7.87. The van der Waals surface area contributed by atoms with Crippen molar-refractivity contribution < 1.29 is 14.4 Å². The molecule has 1 heterocycles. The van der Waals surface area contributed by atoms with Crippen LogP contribution in [0.2, 0.25) is 5.02 Å². The van der Waals surface area contributed by atoms with Crippen molar-refractivity contribution in [1.82, 2.24) is 4.98 Å². The lowest BCUT2D eigenvalue weighted by Crippen LogP contribution is -2.02. The number of hydrogen-bond acceptors (Lipinski definition) is 5. The van der Waals surface area contributed by atoms with Crippen LogP contribution in [0.1, 0.15) is 11.3 Å². The van der Waals surface area contributed by atoms with Crippen molar-refractivity contribution in [1.29, 1.82) is 0 Å². The van der Waals surface area contributed by atoms with E-state index in [0.29, 0.717) is 17.1 Å².